The molecule has 18 nitrogen and oxygen atoms in total. The first kappa shape index (κ1) is 46.4. The number of nitrogens with one attached hydrogen (secondary N) is 3. The molecule has 0 saturated carbocycles. The number of benzene rings is 2. The van der Waals surface area contributed by atoms with Crippen molar-refractivity contribution in [3.8, 4) is 29.4 Å². The molecule has 5 aliphatic heterocycles. The minimum Gasteiger partial charge on any atom is -0.507 e. The summed E-state index contributed by atoms with van der Waals surface area (Å²) in [4.78, 5) is 63.6. The van der Waals surface area contributed by atoms with E-state index in [-0.39, 0.29) is 49.1 Å². The number of anilines is 4. The van der Waals surface area contributed by atoms with Crippen molar-refractivity contribution in [2.75, 3.05) is 98.6 Å². The fourth-order valence-corrected chi connectivity index (χ4v) is 10.2. The number of amides is 4. The zero-order chi connectivity index (χ0) is 47.5. The normalized spacial score (nSPS) is 21.6. The number of phenolic OH excluding ortho intramolecular Hbond substituents is 1. The molecule has 5 N–H and O–H groups in total. The van der Waals surface area contributed by atoms with Crippen LogP contribution in [0.3, 0.4) is 0 Å². The summed E-state index contributed by atoms with van der Waals surface area (Å²) in [6, 6.07) is 14.6. The number of carbonyl (C=O) groups is 3. The van der Waals surface area contributed by atoms with Gasteiger partial charge in [-0.3, -0.25) is 14.5 Å². The minimum atomic E-state index is -0.899. The highest BCUT2D eigenvalue weighted by atomic mass is 16.3. The summed E-state index contributed by atoms with van der Waals surface area (Å²) in [5.74, 6) is 4.04. The van der Waals surface area contributed by atoms with Crippen LogP contribution in [0.1, 0.15) is 51.2 Å². The number of likely N-dealkylation sites (tertiary alicyclic amines) is 1. The highest BCUT2D eigenvalue weighted by Gasteiger charge is 2.45. The van der Waals surface area contributed by atoms with E-state index in [1.807, 2.05) is 63.5 Å². The van der Waals surface area contributed by atoms with Crippen LogP contribution in [0.25, 0.3) is 11.3 Å². The summed E-state index contributed by atoms with van der Waals surface area (Å²) in [7, 11) is 0. The van der Waals surface area contributed by atoms with Crippen LogP contribution in [-0.2, 0) is 16.1 Å². The van der Waals surface area contributed by atoms with Crippen LogP contribution in [0.15, 0.2) is 67.0 Å². The van der Waals surface area contributed by atoms with Crippen molar-refractivity contribution in [3.63, 3.8) is 0 Å². The number of fused-ring (bicyclic) bond motifs is 3. The number of aromatic hydroxyl groups is 1. The third-order valence-corrected chi connectivity index (χ3v) is 14.1. The molecule has 4 atom stereocenters. The van der Waals surface area contributed by atoms with Crippen molar-refractivity contribution >= 4 is 41.0 Å². The van der Waals surface area contributed by atoms with Crippen molar-refractivity contribution < 1.29 is 24.6 Å². The standard InChI is InChI=1S/C50H63N13O5/c1-5-33-10-12-34(13-11-33)26-52-46(66)42-24-38(64)32-63(42)47(67)44(50(2,3)4)55-49(68)60-20-18-58(19-21-60)30-35-14-16-59(17-15-35)36-27-53-48(54-28-36)61-22-23-62-37(31-61)29-51-45-41(62)25-40(56-57-45)39-8-6-7-9-43(39)65/h1,6-13,25,27-28,35,37-38,42,44,64-65H,14-24,26,29-32H2,2-4H3,(H,51,57)(H,52,66)(H,55,68)/t37-,38+,42-,44+/m0/s1. The SMILES string of the molecule is C#Cc1ccc(CNC(=O)[C@@H]2C[C@@H](O)CN2C(=O)[C@@H](NC(=O)N2CCN(CC3CCN(c4cnc(N5CCN6c7cc(-c8ccccc8O)nnc7NC[C@H]6C5)nc4)CC3)CC2)C(C)(C)C)cc1. The van der Waals surface area contributed by atoms with E-state index in [4.69, 9.17) is 16.4 Å². The van der Waals surface area contributed by atoms with Crippen LogP contribution in [0, 0.1) is 23.7 Å². The molecular weight excluding hydrogens is 863 g/mol. The van der Waals surface area contributed by atoms with Gasteiger partial charge >= 0.3 is 6.03 Å². The second-order valence-corrected chi connectivity index (χ2v) is 19.8. The average Bonchev–Trinajstić information content (AvgIpc) is 3.76. The van der Waals surface area contributed by atoms with E-state index in [1.165, 1.54) is 4.90 Å². The van der Waals surface area contributed by atoms with E-state index in [9.17, 15) is 24.6 Å². The Bertz CT molecular complexity index is 2480. The first-order chi connectivity index (χ1) is 32.8. The van der Waals surface area contributed by atoms with Crippen molar-refractivity contribution in [1.29, 1.82) is 0 Å². The quantitative estimate of drug-likeness (QED) is 0.146. The Morgan fingerprint density at radius 2 is 1.65 bits per heavy atom. The van der Waals surface area contributed by atoms with Gasteiger partial charge in [-0.15, -0.1) is 16.6 Å². The Morgan fingerprint density at radius 1 is 0.912 bits per heavy atom. The lowest BCUT2D eigenvalue weighted by atomic mass is 9.85. The number of hydrogen-bond donors (Lipinski definition) is 5. The maximum absolute atomic E-state index is 14.2. The van der Waals surface area contributed by atoms with Gasteiger partial charge < -0.3 is 50.7 Å². The monoisotopic (exact) mass is 926 g/mol. The molecule has 9 rings (SSSR count). The van der Waals surface area contributed by atoms with Gasteiger partial charge in [0.05, 0.1) is 41.6 Å². The number of urea groups is 1. The Balaban J connectivity index is 0.716. The Morgan fingerprint density at radius 3 is 2.35 bits per heavy atom. The van der Waals surface area contributed by atoms with Crippen molar-refractivity contribution in [2.45, 2.75) is 70.8 Å². The fourth-order valence-electron chi connectivity index (χ4n) is 10.2. The lowest BCUT2D eigenvalue weighted by Gasteiger charge is -2.45. The van der Waals surface area contributed by atoms with Crippen LogP contribution in [0.5, 0.6) is 5.75 Å². The molecule has 4 saturated heterocycles. The molecule has 4 aromatic rings. The van der Waals surface area contributed by atoms with E-state index in [0.717, 1.165) is 106 Å². The van der Waals surface area contributed by atoms with Crippen LogP contribution in [-0.4, -0.2) is 166 Å². The van der Waals surface area contributed by atoms with Crippen LogP contribution >= 0.6 is 0 Å². The zero-order valence-corrected chi connectivity index (χ0v) is 39.2. The number of terminal acetylenes is 1. The number of rotatable bonds is 10. The van der Waals surface area contributed by atoms with Crippen LogP contribution in [0.2, 0.25) is 0 Å². The highest BCUT2D eigenvalue weighted by molar-refractivity contribution is 5.93. The Kier molecular flexibility index (Phi) is 13.6. The molecule has 0 bridgehead atoms. The predicted molar refractivity (Wildman–Crippen MR) is 260 cm³/mol. The molecule has 0 unspecified atom stereocenters. The van der Waals surface area contributed by atoms with Crippen molar-refractivity contribution in [1.82, 2.24) is 45.5 Å². The molecule has 4 fully saturated rings. The lowest BCUT2D eigenvalue weighted by Crippen LogP contribution is -2.61. The lowest BCUT2D eigenvalue weighted by molar-refractivity contribution is -0.142. The van der Waals surface area contributed by atoms with Crippen LogP contribution < -0.4 is 30.7 Å². The zero-order valence-electron chi connectivity index (χ0n) is 39.2. The van der Waals surface area contributed by atoms with E-state index in [0.29, 0.717) is 30.3 Å². The molecule has 0 spiro atoms. The number of piperazine rings is 2. The number of hydrogen-bond acceptors (Lipinski definition) is 14. The smallest absolute Gasteiger partial charge is 0.318 e. The van der Waals surface area contributed by atoms with Crippen LogP contribution in [0.4, 0.5) is 27.9 Å². The Hall–Kier alpha value is -6.71. The number of aliphatic hydroxyl groups excluding tert-OH is 1. The van der Waals surface area contributed by atoms with Gasteiger partial charge in [-0.05, 0) is 60.1 Å². The summed E-state index contributed by atoms with van der Waals surface area (Å²) < 4.78 is 0. The maximum atomic E-state index is 14.2. The average molecular weight is 926 g/mol. The maximum Gasteiger partial charge on any atom is 0.318 e. The van der Waals surface area contributed by atoms with Gasteiger partial charge in [0.2, 0.25) is 17.8 Å². The molecule has 0 radical (unpaired) electrons. The first-order valence-electron chi connectivity index (χ1n) is 23.9. The number of phenols is 1. The first-order valence-corrected chi connectivity index (χ1v) is 23.9. The number of nitrogens with zero attached hydrogens (tertiary/aromatic N) is 10. The van der Waals surface area contributed by atoms with Gasteiger partial charge in [0.1, 0.15) is 17.8 Å². The summed E-state index contributed by atoms with van der Waals surface area (Å²) in [5, 5.41) is 39.2. The molecule has 2 aromatic heterocycles. The molecule has 358 valence electrons. The highest BCUT2D eigenvalue weighted by Crippen LogP contribution is 2.37. The molecule has 7 heterocycles. The van der Waals surface area contributed by atoms with E-state index < -0.39 is 23.6 Å². The third-order valence-electron chi connectivity index (χ3n) is 14.1. The number of piperidine rings is 1. The summed E-state index contributed by atoms with van der Waals surface area (Å²) >= 11 is 0. The number of aromatic nitrogens is 4. The predicted octanol–water partition coefficient (Wildman–Crippen LogP) is 2.98. The van der Waals surface area contributed by atoms with Gasteiger partial charge in [0.25, 0.3) is 0 Å². The van der Waals surface area contributed by atoms with Crippen molar-refractivity contribution in [3.05, 3.63) is 78.1 Å². The second-order valence-electron chi connectivity index (χ2n) is 19.8. The minimum absolute atomic E-state index is 0.0180. The molecule has 68 heavy (non-hydrogen) atoms. The summed E-state index contributed by atoms with van der Waals surface area (Å²) in [6.07, 6.45) is 10.7. The van der Waals surface area contributed by atoms with Gasteiger partial charge in [0, 0.05) is 103 Å². The summed E-state index contributed by atoms with van der Waals surface area (Å²) in [6.45, 7) is 14.4. The number of β-amino-alcohol motifs (C(OH)–C–C–N with tert-alkyl or cyclic N) is 1. The topological polar surface area (TPSA) is 199 Å². The second kappa shape index (κ2) is 19.9. The van der Waals surface area contributed by atoms with E-state index in [1.54, 1.807) is 29.2 Å². The largest absolute Gasteiger partial charge is 0.507 e. The fraction of sp³-hybridized carbons (Fsp3) is 0.500. The van der Waals surface area contributed by atoms with E-state index in [2.05, 4.69) is 51.7 Å². The molecule has 4 amide bonds. The molecule has 0 aliphatic carbocycles. The van der Waals surface area contributed by atoms with Gasteiger partial charge in [-0.2, -0.15) is 0 Å². The molecule has 18 heteroatoms. The molecule has 5 aliphatic rings. The summed E-state index contributed by atoms with van der Waals surface area (Å²) in [5.41, 5.74) is 4.27. The van der Waals surface area contributed by atoms with Gasteiger partial charge in [0.15, 0.2) is 5.82 Å². The molecule has 2 aromatic carbocycles. The number of carbonyl (C=O) groups excluding carboxylic acids is 3. The van der Waals surface area contributed by atoms with Crippen molar-refractivity contribution in [2.24, 2.45) is 11.3 Å². The number of aliphatic hydroxyl groups is 1. The van der Waals surface area contributed by atoms with E-state index >= 15 is 0 Å². The Labute approximate surface area is 398 Å². The van der Waals surface area contributed by atoms with Gasteiger partial charge in [-0.25, -0.2) is 14.8 Å². The molecular formula is C50H63N13O5. The third kappa shape index (κ3) is 10.2. The number of para-hydroxylation sites is 1. The van der Waals surface area contributed by atoms with Gasteiger partial charge in [-0.1, -0.05) is 51.0 Å².